The normalized spacial score (nSPS) is 11.7. The molecule has 2 aromatic rings. The molecule has 0 aliphatic carbocycles. The van der Waals surface area contributed by atoms with E-state index in [0.29, 0.717) is 12.4 Å². The number of sulfone groups is 1. The minimum atomic E-state index is -3.74. The van der Waals surface area contributed by atoms with E-state index in [9.17, 15) is 12.8 Å². The second kappa shape index (κ2) is 4.85. The largest absolute Gasteiger partial charge is 0.249 e. The Balaban J connectivity index is 2.37. The van der Waals surface area contributed by atoms with Gasteiger partial charge < -0.3 is 0 Å². The van der Waals surface area contributed by atoms with Crippen LogP contribution in [0.3, 0.4) is 0 Å². The maximum Gasteiger partial charge on any atom is 0.188 e. The maximum absolute atomic E-state index is 13.5. The van der Waals surface area contributed by atoms with Crippen LogP contribution in [-0.2, 0) is 22.1 Å². The van der Waals surface area contributed by atoms with E-state index in [4.69, 9.17) is 0 Å². The van der Waals surface area contributed by atoms with Crippen LogP contribution in [0.1, 0.15) is 12.7 Å². The highest BCUT2D eigenvalue weighted by Crippen LogP contribution is 2.18. The van der Waals surface area contributed by atoms with Crippen LogP contribution in [-0.4, -0.2) is 23.2 Å². The van der Waals surface area contributed by atoms with Gasteiger partial charge in [0.1, 0.15) is 28.6 Å². The summed E-state index contributed by atoms with van der Waals surface area (Å²) in [5.41, 5.74) is 0. The van der Waals surface area contributed by atoms with Gasteiger partial charge >= 0.3 is 0 Å². The lowest BCUT2D eigenvalue weighted by molar-refractivity contribution is 0.561. The van der Waals surface area contributed by atoms with Crippen LogP contribution in [0.25, 0.3) is 0 Å². The Bertz CT molecular complexity index is 652. The van der Waals surface area contributed by atoms with Crippen LogP contribution in [0.2, 0.25) is 0 Å². The van der Waals surface area contributed by atoms with Crippen molar-refractivity contribution in [2.75, 3.05) is 0 Å². The van der Waals surface area contributed by atoms with Gasteiger partial charge in [-0.25, -0.2) is 22.5 Å². The highest BCUT2D eigenvalue weighted by Gasteiger charge is 2.21. The fourth-order valence-electron chi connectivity index (χ4n) is 1.61. The van der Waals surface area contributed by atoms with Crippen molar-refractivity contribution in [1.82, 2.24) is 14.8 Å². The molecule has 0 unspecified atom stereocenters. The second-order valence-corrected chi connectivity index (χ2v) is 5.64. The van der Waals surface area contributed by atoms with E-state index in [2.05, 4.69) is 10.1 Å². The first kappa shape index (κ1) is 12.7. The highest BCUT2D eigenvalue weighted by atomic mass is 32.2. The van der Waals surface area contributed by atoms with E-state index in [1.165, 1.54) is 29.2 Å². The second-order valence-electron chi connectivity index (χ2n) is 3.68. The van der Waals surface area contributed by atoms with Crippen molar-refractivity contribution >= 4 is 9.84 Å². The lowest BCUT2D eigenvalue weighted by Gasteiger charge is -2.06. The van der Waals surface area contributed by atoms with Gasteiger partial charge in [0.05, 0.1) is 0 Å². The molecule has 96 valence electrons. The monoisotopic (exact) mass is 269 g/mol. The number of benzene rings is 1. The predicted molar refractivity (Wildman–Crippen MR) is 63.0 cm³/mol. The molecule has 1 aromatic heterocycles. The molecule has 0 saturated carbocycles. The molecule has 0 saturated heterocycles. The Hall–Kier alpha value is -1.76. The molecule has 0 amide bonds. The summed E-state index contributed by atoms with van der Waals surface area (Å²) in [4.78, 5) is 3.57. The topological polar surface area (TPSA) is 64.8 Å². The van der Waals surface area contributed by atoms with Gasteiger partial charge in [0.2, 0.25) is 0 Å². The highest BCUT2D eigenvalue weighted by molar-refractivity contribution is 7.90. The molecule has 0 aliphatic rings. The summed E-state index contributed by atoms with van der Waals surface area (Å²) < 4.78 is 39.1. The van der Waals surface area contributed by atoms with Gasteiger partial charge in [0, 0.05) is 6.54 Å². The van der Waals surface area contributed by atoms with Crippen molar-refractivity contribution < 1.29 is 12.8 Å². The minimum absolute atomic E-state index is 0.306. The molecule has 5 nitrogen and oxygen atoms in total. The fraction of sp³-hybridized carbons (Fsp3) is 0.273. The number of aryl methyl sites for hydroxylation is 1. The van der Waals surface area contributed by atoms with Gasteiger partial charge in [0.15, 0.2) is 9.84 Å². The standard InChI is InChI=1S/C11H12FN3O2S/c1-2-15-11(13-8-14-15)7-18(16,17)10-6-4-3-5-9(10)12/h3-6,8H,2,7H2,1H3. The molecule has 0 fully saturated rings. The molecule has 2 rings (SSSR count). The molecule has 0 spiro atoms. The molecule has 0 aliphatic heterocycles. The van der Waals surface area contributed by atoms with E-state index in [1.54, 1.807) is 0 Å². The van der Waals surface area contributed by atoms with E-state index in [0.717, 1.165) is 6.07 Å². The summed E-state index contributed by atoms with van der Waals surface area (Å²) in [5, 5.41) is 3.88. The summed E-state index contributed by atoms with van der Waals surface area (Å²) in [5.74, 6) is -0.803. The van der Waals surface area contributed by atoms with Crippen LogP contribution >= 0.6 is 0 Å². The number of hydrogen-bond donors (Lipinski definition) is 0. The first-order valence-electron chi connectivity index (χ1n) is 5.38. The van der Waals surface area contributed by atoms with Crippen LogP contribution in [0.15, 0.2) is 35.5 Å². The van der Waals surface area contributed by atoms with Crippen molar-refractivity contribution in [3.63, 3.8) is 0 Å². The average Bonchev–Trinajstić information content (AvgIpc) is 2.76. The van der Waals surface area contributed by atoms with Gasteiger partial charge in [-0.3, -0.25) is 0 Å². The van der Waals surface area contributed by atoms with Gasteiger partial charge in [0.25, 0.3) is 0 Å². The molecule has 0 atom stereocenters. The zero-order valence-corrected chi connectivity index (χ0v) is 10.6. The average molecular weight is 269 g/mol. The van der Waals surface area contributed by atoms with Crippen LogP contribution in [0.4, 0.5) is 4.39 Å². The number of halogens is 1. The fourth-order valence-corrected chi connectivity index (χ4v) is 2.98. The van der Waals surface area contributed by atoms with Gasteiger partial charge in [-0.05, 0) is 19.1 Å². The third-order valence-corrected chi connectivity index (χ3v) is 4.13. The number of aromatic nitrogens is 3. The van der Waals surface area contributed by atoms with E-state index < -0.39 is 15.7 Å². The van der Waals surface area contributed by atoms with E-state index in [-0.39, 0.29) is 10.6 Å². The Labute approximate surface area is 104 Å². The van der Waals surface area contributed by atoms with Crippen LogP contribution in [0.5, 0.6) is 0 Å². The molecular formula is C11H12FN3O2S. The summed E-state index contributed by atoms with van der Waals surface area (Å²) in [6.45, 7) is 2.34. The SMILES string of the molecule is CCn1ncnc1CS(=O)(=O)c1ccccc1F. The summed E-state index contributed by atoms with van der Waals surface area (Å²) in [6.07, 6.45) is 1.29. The zero-order chi connectivity index (χ0) is 13.2. The Morgan fingerprint density at radius 3 is 2.72 bits per heavy atom. The first-order valence-corrected chi connectivity index (χ1v) is 7.04. The van der Waals surface area contributed by atoms with Gasteiger partial charge in [-0.1, -0.05) is 12.1 Å². The van der Waals surface area contributed by atoms with Crippen molar-refractivity contribution in [2.45, 2.75) is 24.1 Å². The molecule has 0 N–H and O–H groups in total. The molecule has 1 heterocycles. The first-order chi connectivity index (χ1) is 8.54. The van der Waals surface area contributed by atoms with Gasteiger partial charge in [-0.15, -0.1) is 0 Å². The molecule has 7 heteroatoms. The summed E-state index contributed by atoms with van der Waals surface area (Å²) in [6, 6.07) is 5.30. The molecule has 0 bridgehead atoms. The lowest BCUT2D eigenvalue weighted by atomic mass is 10.3. The Morgan fingerprint density at radius 1 is 1.33 bits per heavy atom. The third kappa shape index (κ3) is 2.40. The number of rotatable bonds is 4. The summed E-state index contributed by atoms with van der Waals surface area (Å²) >= 11 is 0. The molecule has 0 radical (unpaired) electrons. The molecule has 18 heavy (non-hydrogen) atoms. The number of hydrogen-bond acceptors (Lipinski definition) is 4. The van der Waals surface area contributed by atoms with Crippen LogP contribution in [0, 0.1) is 5.82 Å². The van der Waals surface area contributed by atoms with Crippen molar-refractivity contribution in [3.05, 3.63) is 42.2 Å². The maximum atomic E-state index is 13.5. The minimum Gasteiger partial charge on any atom is -0.249 e. The Morgan fingerprint density at radius 2 is 2.06 bits per heavy atom. The quantitative estimate of drug-likeness (QED) is 0.841. The third-order valence-electron chi connectivity index (χ3n) is 2.49. The predicted octanol–water partition coefficient (Wildman–Crippen LogP) is 1.41. The van der Waals surface area contributed by atoms with E-state index >= 15 is 0 Å². The zero-order valence-electron chi connectivity index (χ0n) is 9.75. The lowest BCUT2D eigenvalue weighted by Crippen LogP contribution is -2.12. The van der Waals surface area contributed by atoms with Crippen molar-refractivity contribution in [1.29, 1.82) is 0 Å². The van der Waals surface area contributed by atoms with E-state index in [1.807, 2.05) is 6.92 Å². The molecule has 1 aromatic carbocycles. The summed E-state index contributed by atoms with van der Waals surface area (Å²) in [7, 11) is -3.74. The van der Waals surface area contributed by atoms with Crippen molar-refractivity contribution in [3.8, 4) is 0 Å². The van der Waals surface area contributed by atoms with Gasteiger partial charge in [-0.2, -0.15) is 5.10 Å². The Kier molecular flexibility index (Phi) is 3.42. The molecular weight excluding hydrogens is 257 g/mol. The van der Waals surface area contributed by atoms with Crippen LogP contribution < -0.4 is 0 Å². The van der Waals surface area contributed by atoms with Crippen molar-refractivity contribution in [2.24, 2.45) is 0 Å². The smallest absolute Gasteiger partial charge is 0.188 e. The number of nitrogens with zero attached hydrogens (tertiary/aromatic N) is 3.